The molecule has 0 saturated carbocycles. The highest BCUT2D eigenvalue weighted by atomic mass is 79.9. The molecule has 0 atom stereocenters. The molecule has 9 heteroatoms. The summed E-state index contributed by atoms with van der Waals surface area (Å²) in [7, 11) is 0. The maximum Gasteiger partial charge on any atom is 0.323 e. The van der Waals surface area contributed by atoms with Crippen LogP contribution in [0, 0.1) is 11.3 Å². The summed E-state index contributed by atoms with van der Waals surface area (Å²) in [5.74, 6) is -1.34. The molecular formula is C20H13BrN2O5S. The fraction of sp³-hybridized carbons (Fsp3) is 0.100. The highest BCUT2D eigenvalue weighted by molar-refractivity contribution is 9.10. The highest BCUT2D eigenvalue weighted by Crippen LogP contribution is 2.34. The number of rotatable bonds is 6. The standard InChI is InChI=1S/C20H13BrN2O5S/c21-15-7-12(8-17-19(26)23(10-18(24)25)20(27)29-17)5-6-16(15)28-11-14-4-2-1-3-13(14)9-22/h1-8H,10-11H2,(H,24,25)/b17-8+. The van der Waals surface area contributed by atoms with Crippen molar-refractivity contribution in [1.82, 2.24) is 4.90 Å². The predicted molar refractivity (Wildman–Crippen MR) is 110 cm³/mol. The molecule has 1 aliphatic rings. The number of hydrogen-bond acceptors (Lipinski definition) is 6. The first-order valence-corrected chi connectivity index (χ1v) is 9.87. The third-order valence-electron chi connectivity index (χ3n) is 3.94. The van der Waals surface area contributed by atoms with Gasteiger partial charge in [-0.1, -0.05) is 24.3 Å². The number of hydrogen-bond donors (Lipinski definition) is 1. The molecule has 3 rings (SSSR count). The fourth-order valence-corrected chi connectivity index (χ4v) is 3.91. The van der Waals surface area contributed by atoms with Crippen molar-refractivity contribution in [1.29, 1.82) is 5.26 Å². The number of nitriles is 1. The molecule has 2 aromatic carbocycles. The Hall–Kier alpha value is -3.09. The zero-order chi connectivity index (χ0) is 21.0. The molecule has 146 valence electrons. The number of thioether (sulfide) groups is 1. The second-order valence-electron chi connectivity index (χ2n) is 5.91. The van der Waals surface area contributed by atoms with Crippen molar-refractivity contribution < 1.29 is 24.2 Å². The van der Waals surface area contributed by atoms with Gasteiger partial charge in [-0.2, -0.15) is 5.26 Å². The minimum absolute atomic E-state index is 0.153. The molecular weight excluding hydrogens is 460 g/mol. The van der Waals surface area contributed by atoms with Crippen molar-refractivity contribution in [3.63, 3.8) is 0 Å². The van der Waals surface area contributed by atoms with E-state index in [4.69, 9.17) is 15.1 Å². The first-order chi connectivity index (χ1) is 13.9. The summed E-state index contributed by atoms with van der Waals surface area (Å²) in [6.07, 6.45) is 1.52. The van der Waals surface area contributed by atoms with Crippen LogP contribution >= 0.6 is 27.7 Å². The Kier molecular flexibility index (Phi) is 6.36. The number of carbonyl (C=O) groups excluding carboxylic acids is 2. The number of ether oxygens (including phenoxy) is 1. The first kappa shape index (κ1) is 20.6. The summed E-state index contributed by atoms with van der Waals surface area (Å²) < 4.78 is 6.40. The van der Waals surface area contributed by atoms with Crippen molar-refractivity contribution in [2.24, 2.45) is 0 Å². The molecule has 0 radical (unpaired) electrons. The lowest BCUT2D eigenvalue weighted by Crippen LogP contribution is -2.33. The Morgan fingerprint density at radius 1 is 1.28 bits per heavy atom. The van der Waals surface area contributed by atoms with E-state index in [1.54, 1.807) is 30.3 Å². The molecule has 0 bridgehead atoms. The monoisotopic (exact) mass is 472 g/mol. The van der Waals surface area contributed by atoms with Crippen LogP contribution in [0.3, 0.4) is 0 Å². The zero-order valence-corrected chi connectivity index (χ0v) is 17.2. The van der Waals surface area contributed by atoms with Crippen molar-refractivity contribution in [2.45, 2.75) is 6.61 Å². The van der Waals surface area contributed by atoms with Gasteiger partial charge in [-0.05, 0) is 57.5 Å². The van der Waals surface area contributed by atoms with Crippen LogP contribution in [0.15, 0.2) is 51.8 Å². The van der Waals surface area contributed by atoms with Crippen LogP contribution < -0.4 is 4.74 Å². The lowest BCUT2D eigenvalue weighted by Gasteiger charge is -2.10. The average molecular weight is 473 g/mol. The molecule has 2 aromatic rings. The number of halogens is 1. The van der Waals surface area contributed by atoms with Crippen molar-refractivity contribution in [2.75, 3.05) is 6.54 Å². The minimum Gasteiger partial charge on any atom is -0.488 e. The second kappa shape index (κ2) is 8.94. The lowest BCUT2D eigenvalue weighted by atomic mass is 10.1. The number of carboxylic acids is 1. The van der Waals surface area contributed by atoms with E-state index in [1.165, 1.54) is 6.08 Å². The molecule has 7 nitrogen and oxygen atoms in total. The molecule has 0 unspecified atom stereocenters. The molecule has 1 heterocycles. The van der Waals surface area contributed by atoms with Gasteiger partial charge in [0.25, 0.3) is 11.1 Å². The van der Waals surface area contributed by atoms with E-state index < -0.39 is 23.7 Å². The van der Waals surface area contributed by atoms with Gasteiger partial charge in [-0.15, -0.1) is 0 Å². The van der Waals surface area contributed by atoms with Crippen LogP contribution in [0.1, 0.15) is 16.7 Å². The van der Waals surface area contributed by atoms with E-state index in [0.717, 1.165) is 5.56 Å². The zero-order valence-electron chi connectivity index (χ0n) is 14.8. The van der Waals surface area contributed by atoms with E-state index in [9.17, 15) is 14.4 Å². The van der Waals surface area contributed by atoms with E-state index in [2.05, 4.69) is 22.0 Å². The quantitative estimate of drug-likeness (QED) is 0.632. The SMILES string of the molecule is N#Cc1ccccc1COc1ccc(/C=C2/SC(=O)N(CC(=O)O)C2=O)cc1Br. The number of aliphatic carboxylic acids is 1. The maximum atomic E-state index is 12.2. The average Bonchev–Trinajstić information content (AvgIpc) is 2.94. The van der Waals surface area contributed by atoms with Crippen LogP contribution in [0.5, 0.6) is 5.75 Å². The van der Waals surface area contributed by atoms with Gasteiger partial charge in [0.15, 0.2) is 0 Å². The molecule has 29 heavy (non-hydrogen) atoms. The molecule has 0 aromatic heterocycles. The summed E-state index contributed by atoms with van der Waals surface area (Å²) in [5.41, 5.74) is 1.94. The molecule has 0 aliphatic carbocycles. The van der Waals surface area contributed by atoms with Gasteiger partial charge in [0.05, 0.1) is 21.0 Å². The topological polar surface area (TPSA) is 108 Å². The molecule has 0 spiro atoms. The van der Waals surface area contributed by atoms with Crippen molar-refractivity contribution in [3.05, 3.63) is 68.5 Å². The van der Waals surface area contributed by atoms with Gasteiger partial charge >= 0.3 is 5.97 Å². The predicted octanol–water partition coefficient (Wildman–Crippen LogP) is 4.02. The summed E-state index contributed by atoms with van der Waals surface area (Å²) in [6.45, 7) is -0.446. The van der Waals surface area contributed by atoms with Crippen LogP contribution in [-0.4, -0.2) is 33.7 Å². The number of carbonyl (C=O) groups is 3. The lowest BCUT2D eigenvalue weighted by molar-refractivity contribution is -0.140. The van der Waals surface area contributed by atoms with Gasteiger partial charge in [0, 0.05) is 5.56 Å². The van der Waals surface area contributed by atoms with Gasteiger partial charge in [0.2, 0.25) is 0 Å². The number of amides is 2. The summed E-state index contributed by atoms with van der Waals surface area (Å²) >= 11 is 4.11. The number of benzene rings is 2. The maximum absolute atomic E-state index is 12.2. The van der Waals surface area contributed by atoms with Gasteiger partial charge in [0.1, 0.15) is 18.9 Å². The summed E-state index contributed by atoms with van der Waals surface area (Å²) in [4.78, 5) is 35.7. The largest absolute Gasteiger partial charge is 0.488 e. The second-order valence-corrected chi connectivity index (χ2v) is 7.76. The number of nitrogens with zero attached hydrogens (tertiary/aromatic N) is 2. The van der Waals surface area contributed by atoms with E-state index in [1.807, 2.05) is 12.1 Å². The Balaban J connectivity index is 1.74. The third-order valence-corrected chi connectivity index (χ3v) is 5.47. The fourth-order valence-electron chi connectivity index (χ4n) is 2.56. The van der Waals surface area contributed by atoms with E-state index >= 15 is 0 Å². The smallest absolute Gasteiger partial charge is 0.323 e. The Bertz CT molecular complexity index is 1080. The summed E-state index contributed by atoms with van der Waals surface area (Å²) in [5, 5.41) is 17.3. The minimum atomic E-state index is -1.25. The Labute approximate surface area is 178 Å². The molecule has 1 fully saturated rings. The molecule has 1 saturated heterocycles. The molecule has 2 amide bonds. The third kappa shape index (κ3) is 4.85. The number of carboxylic acid groups (broad SMARTS) is 1. The summed E-state index contributed by atoms with van der Waals surface area (Å²) in [6, 6.07) is 14.4. The van der Waals surface area contributed by atoms with Gasteiger partial charge < -0.3 is 9.84 Å². The van der Waals surface area contributed by atoms with E-state index in [0.29, 0.717) is 38.0 Å². The molecule has 1 N–H and O–H groups in total. The Morgan fingerprint density at radius 2 is 2.03 bits per heavy atom. The van der Waals surface area contributed by atoms with Crippen LogP contribution in [0.4, 0.5) is 4.79 Å². The number of imide groups is 1. The van der Waals surface area contributed by atoms with Crippen molar-refractivity contribution >= 4 is 50.9 Å². The van der Waals surface area contributed by atoms with Crippen LogP contribution in [0.2, 0.25) is 0 Å². The van der Waals surface area contributed by atoms with Gasteiger partial charge in [-0.3, -0.25) is 19.3 Å². The Morgan fingerprint density at radius 3 is 2.72 bits per heavy atom. The normalized spacial score (nSPS) is 14.9. The van der Waals surface area contributed by atoms with Crippen molar-refractivity contribution in [3.8, 4) is 11.8 Å². The van der Waals surface area contributed by atoms with Crippen LogP contribution in [-0.2, 0) is 16.2 Å². The van der Waals surface area contributed by atoms with E-state index in [-0.39, 0.29) is 11.5 Å². The molecule has 1 aliphatic heterocycles. The van der Waals surface area contributed by atoms with Crippen LogP contribution in [0.25, 0.3) is 6.08 Å². The first-order valence-electron chi connectivity index (χ1n) is 8.26. The highest BCUT2D eigenvalue weighted by Gasteiger charge is 2.36. The van der Waals surface area contributed by atoms with Gasteiger partial charge in [-0.25, -0.2) is 0 Å².